The average molecular weight is 245 g/mol. The van der Waals surface area contributed by atoms with E-state index in [0.717, 1.165) is 27.8 Å². The second-order valence-electron chi connectivity index (χ2n) is 3.60. The molecule has 3 aromatic rings. The summed E-state index contributed by atoms with van der Waals surface area (Å²) in [6.45, 7) is 0.615. The molecule has 0 saturated heterocycles. The average Bonchev–Trinajstić information content (AvgIpc) is 2.88. The van der Waals surface area contributed by atoms with Gasteiger partial charge in [0.2, 0.25) is 4.96 Å². The lowest BCUT2D eigenvalue weighted by atomic mass is 10.3. The van der Waals surface area contributed by atoms with Crippen molar-refractivity contribution in [1.29, 1.82) is 0 Å². The molecule has 0 unspecified atom stereocenters. The Morgan fingerprint density at radius 3 is 2.94 bits per heavy atom. The van der Waals surface area contributed by atoms with E-state index >= 15 is 0 Å². The van der Waals surface area contributed by atoms with Gasteiger partial charge in [-0.2, -0.15) is 5.10 Å². The molecule has 0 saturated carbocycles. The highest BCUT2D eigenvalue weighted by Crippen LogP contribution is 2.20. The van der Waals surface area contributed by atoms with Gasteiger partial charge in [0.25, 0.3) is 0 Å². The Morgan fingerprint density at radius 2 is 2.24 bits per heavy atom. The van der Waals surface area contributed by atoms with Crippen molar-refractivity contribution in [3.05, 3.63) is 35.6 Å². The maximum absolute atomic E-state index is 5.50. The molecule has 5 nitrogen and oxygen atoms in total. The van der Waals surface area contributed by atoms with Gasteiger partial charge in [-0.25, -0.2) is 9.50 Å². The maximum Gasteiger partial charge on any atom is 0.212 e. The zero-order valence-corrected chi connectivity index (χ0v) is 9.89. The Balaban J connectivity index is 2.01. The smallest absolute Gasteiger partial charge is 0.212 e. The third kappa shape index (κ3) is 1.92. The van der Waals surface area contributed by atoms with Crippen molar-refractivity contribution in [2.75, 3.05) is 6.54 Å². The van der Waals surface area contributed by atoms with Gasteiger partial charge in [0, 0.05) is 12.6 Å². The van der Waals surface area contributed by atoms with Crippen LogP contribution in [0.3, 0.4) is 0 Å². The number of nitrogens with zero attached hydrogens (tertiary/aromatic N) is 4. The van der Waals surface area contributed by atoms with Gasteiger partial charge in [0.1, 0.15) is 10.7 Å². The summed E-state index contributed by atoms with van der Waals surface area (Å²) in [6, 6.07) is 5.77. The molecular weight excluding hydrogens is 234 g/mol. The molecule has 0 atom stereocenters. The van der Waals surface area contributed by atoms with E-state index in [2.05, 4.69) is 15.1 Å². The quantitative estimate of drug-likeness (QED) is 0.756. The zero-order valence-electron chi connectivity index (χ0n) is 9.08. The highest BCUT2D eigenvalue weighted by atomic mass is 32.1. The van der Waals surface area contributed by atoms with Gasteiger partial charge in [0.15, 0.2) is 0 Å². The van der Waals surface area contributed by atoms with Gasteiger partial charge in [-0.05, 0) is 18.7 Å². The number of pyridine rings is 1. The fraction of sp³-hybridized carbons (Fsp3) is 0.182. The van der Waals surface area contributed by atoms with E-state index in [1.807, 2.05) is 24.4 Å². The molecule has 0 aliphatic carbocycles. The predicted octanol–water partition coefficient (Wildman–Crippen LogP) is 1.35. The summed E-state index contributed by atoms with van der Waals surface area (Å²) in [5, 5.41) is 5.43. The van der Waals surface area contributed by atoms with E-state index in [9.17, 15) is 0 Å². The Morgan fingerprint density at radius 1 is 1.29 bits per heavy atom. The predicted molar refractivity (Wildman–Crippen MR) is 66.9 cm³/mol. The fourth-order valence-electron chi connectivity index (χ4n) is 1.60. The van der Waals surface area contributed by atoms with Crippen LogP contribution in [0.25, 0.3) is 16.3 Å². The first kappa shape index (κ1) is 10.4. The molecule has 3 aromatic heterocycles. The molecule has 0 radical (unpaired) electrons. The third-order valence-electron chi connectivity index (χ3n) is 2.37. The van der Waals surface area contributed by atoms with Crippen LogP contribution >= 0.6 is 11.3 Å². The number of hydrogen-bond acceptors (Lipinski definition) is 5. The summed E-state index contributed by atoms with van der Waals surface area (Å²) >= 11 is 1.57. The van der Waals surface area contributed by atoms with Gasteiger partial charge in [0.05, 0.1) is 11.9 Å². The normalized spacial score (nSPS) is 11.1. The van der Waals surface area contributed by atoms with Crippen molar-refractivity contribution in [2.24, 2.45) is 5.73 Å². The molecule has 3 rings (SSSR count). The number of imidazole rings is 1. The first-order chi connectivity index (χ1) is 8.36. The van der Waals surface area contributed by atoms with Crippen molar-refractivity contribution in [2.45, 2.75) is 6.42 Å². The van der Waals surface area contributed by atoms with Gasteiger partial charge in [-0.3, -0.25) is 4.98 Å². The molecule has 0 aliphatic rings. The second kappa shape index (κ2) is 4.23. The summed E-state index contributed by atoms with van der Waals surface area (Å²) in [7, 11) is 0. The molecule has 0 aliphatic heterocycles. The van der Waals surface area contributed by atoms with Crippen LogP contribution in [0, 0.1) is 0 Å². The Hall–Kier alpha value is -1.79. The number of hydrogen-bond donors (Lipinski definition) is 1. The van der Waals surface area contributed by atoms with Crippen molar-refractivity contribution in [3.63, 3.8) is 0 Å². The number of fused-ring (bicyclic) bond motifs is 1. The van der Waals surface area contributed by atoms with Crippen molar-refractivity contribution >= 4 is 16.3 Å². The molecule has 0 aromatic carbocycles. The molecule has 0 fully saturated rings. The zero-order chi connectivity index (χ0) is 11.7. The molecule has 17 heavy (non-hydrogen) atoms. The highest BCUT2D eigenvalue weighted by molar-refractivity contribution is 7.16. The monoisotopic (exact) mass is 245 g/mol. The van der Waals surface area contributed by atoms with Crippen LogP contribution in [0.4, 0.5) is 0 Å². The summed E-state index contributed by atoms with van der Waals surface area (Å²) < 4.78 is 1.79. The van der Waals surface area contributed by atoms with Gasteiger partial charge >= 0.3 is 0 Å². The van der Waals surface area contributed by atoms with Crippen LogP contribution in [0.2, 0.25) is 0 Å². The Labute approximate surface area is 102 Å². The van der Waals surface area contributed by atoms with Crippen LogP contribution in [-0.4, -0.2) is 26.1 Å². The van der Waals surface area contributed by atoms with Crippen LogP contribution in [0.5, 0.6) is 0 Å². The first-order valence-electron chi connectivity index (χ1n) is 5.33. The van der Waals surface area contributed by atoms with Crippen molar-refractivity contribution in [1.82, 2.24) is 19.6 Å². The van der Waals surface area contributed by atoms with E-state index in [0.29, 0.717) is 6.54 Å². The Kier molecular flexibility index (Phi) is 2.58. The number of aromatic nitrogens is 4. The minimum atomic E-state index is 0.615. The largest absolute Gasteiger partial charge is 0.330 e. The summed E-state index contributed by atoms with van der Waals surface area (Å²) in [5.74, 6) is 0. The summed E-state index contributed by atoms with van der Waals surface area (Å²) in [4.78, 5) is 9.65. The van der Waals surface area contributed by atoms with Gasteiger partial charge in [-0.1, -0.05) is 17.4 Å². The number of nitrogens with two attached hydrogens (primary N) is 1. The lowest BCUT2D eigenvalue weighted by molar-refractivity contribution is 0.872. The van der Waals surface area contributed by atoms with E-state index < -0.39 is 0 Å². The lowest BCUT2D eigenvalue weighted by Gasteiger charge is -1.92. The minimum absolute atomic E-state index is 0.615. The standard InChI is InChI=1S/C11H11N5S/c12-5-4-10-15-16-7-9(14-11(16)17-10)8-3-1-2-6-13-8/h1-3,6-7H,4-5,12H2. The molecule has 0 amide bonds. The van der Waals surface area contributed by atoms with Crippen LogP contribution in [0.1, 0.15) is 5.01 Å². The molecule has 3 heterocycles. The van der Waals surface area contributed by atoms with Gasteiger partial charge < -0.3 is 5.73 Å². The molecular formula is C11H11N5S. The van der Waals surface area contributed by atoms with Crippen LogP contribution in [0.15, 0.2) is 30.6 Å². The van der Waals surface area contributed by atoms with E-state index in [1.54, 1.807) is 22.0 Å². The van der Waals surface area contributed by atoms with Crippen LogP contribution < -0.4 is 5.73 Å². The molecule has 0 spiro atoms. The molecule has 86 valence electrons. The van der Waals surface area contributed by atoms with Crippen LogP contribution in [-0.2, 0) is 6.42 Å². The van der Waals surface area contributed by atoms with Crippen molar-refractivity contribution in [3.8, 4) is 11.4 Å². The SMILES string of the molecule is NCCc1nn2cc(-c3ccccn3)nc2s1. The molecule has 0 bridgehead atoms. The minimum Gasteiger partial charge on any atom is -0.330 e. The Bertz CT molecular complexity index is 596. The number of rotatable bonds is 3. The lowest BCUT2D eigenvalue weighted by Crippen LogP contribution is -2.02. The topological polar surface area (TPSA) is 69.1 Å². The molecule has 6 heteroatoms. The third-order valence-corrected chi connectivity index (χ3v) is 3.35. The van der Waals surface area contributed by atoms with Gasteiger partial charge in [-0.15, -0.1) is 0 Å². The summed E-state index contributed by atoms with van der Waals surface area (Å²) in [5.41, 5.74) is 7.22. The maximum atomic E-state index is 5.50. The highest BCUT2D eigenvalue weighted by Gasteiger charge is 2.09. The van der Waals surface area contributed by atoms with E-state index in [4.69, 9.17) is 5.73 Å². The van der Waals surface area contributed by atoms with E-state index in [1.165, 1.54) is 0 Å². The molecule has 2 N–H and O–H groups in total. The summed E-state index contributed by atoms with van der Waals surface area (Å²) in [6.07, 6.45) is 4.46. The fourth-order valence-corrected chi connectivity index (χ4v) is 2.49. The first-order valence-corrected chi connectivity index (χ1v) is 6.15. The van der Waals surface area contributed by atoms with Crippen molar-refractivity contribution < 1.29 is 0 Å². The second-order valence-corrected chi connectivity index (χ2v) is 4.64. The van der Waals surface area contributed by atoms with E-state index in [-0.39, 0.29) is 0 Å².